The van der Waals surface area contributed by atoms with Crippen molar-refractivity contribution in [2.24, 2.45) is 11.3 Å². The molecular weight excluding hydrogens is 459 g/mol. The Hall–Kier alpha value is -3.82. The highest BCUT2D eigenvalue weighted by Crippen LogP contribution is 2.59. The van der Waals surface area contributed by atoms with Crippen molar-refractivity contribution >= 4 is 23.7 Å². The largest absolute Gasteiger partial charge is 0.511 e. The highest BCUT2D eigenvalue weighted by molar-refractivity contribution is 7.98. The molecular formula is C25H21FN2O5S. The lowest BCUT2D eigenvalue weighted by molar-refractivity contribution is -0.147. The lowest BCUT2D eigenvalue weighted by Crippen LogP contribution is -2.47. The average Bonchev–Trinajstić information content (AvgIpc) is 2.87. The second kappa shape index (κ2) is 9.98. The lowest BCUT2D eigenvalue weighted by atomic mass is 9.54. The number of carbonyl (C=O) groups excluding carboxylic acids is 2. The van der Waals surface area contributed by atoms with Gasteiger partial charge in [0.25, 0.3) is 0 Å². The topological polar surface area (TPSA) is 120 Å². The second-order valence-electron chi connectivity index (χ2n) is 7.62. The molecule has 0 fully saturated rings. The summed E-state index contributed by atoms with van der Waals surface area (Å²) in [6.07, 6.45) is 1.88. The fourth-order valence-electron chi connectivity index (χ4n) is 4.50. The third kappa shape index (κ3) is 4.00. The van der Waals surface area contributed by atoms with E-state index in [9.17, 15) is 29.6 Å². The minimum Gasteiger partial charge on any atom is -0.511 e. The van der Waals surface area contributed by atoms with Crippen LogP contribution in [0.15, 0.2) is 64.8 Å². The maximum atomic E-state index is 13.7. The van der Waals surface area contributed by atoms with Gasteiger partial charge in [-0.1, -0.05) is 24.3 Å². The average molecular weight is 481 g/mol. The molecule has 0 bridgehead atoms. The van der Waals surface area contributed by atoms with Crippen molar-refractivity contribution in [3.63, 3.8) is 0 Å². The third-order valence-electron chi connectivity index (χ3n) is 6.05. The molecule has 9 heteroatoms. The molecule has 0 radical (unpaired) electrons. The fraction of sp³-hybridized carbons (Fsp3) is 0.280. The van der Waals surface area contributed by atoms with Crippen molar-refractivity contribution in [1.82, 2.24) is 0 Å². The SMILES string of the molecule is COC(=O)C1=C(O)[C@@H](C(=O)OC)[C@H](c2ccc(F)cc2)C(C#N)(C#N)[C@@H]1c1ccc(SC)cc1. The Morgan fingerprint density at radius 2 is 1.56 bits per heavy atom. The molecule has 1 aliphatic carbocycles. The molecule has 7 nitrogen and oxygen atoms in total. The van der Waals surface area contributed by atoms with Gasteiger partial charge in [0.05, 0.1) is 37.8 Å². The number of aliphatic hydroxyl groups excluding tert-OH is 1. The number of thioether (sulfide) groups is 1. The Kier molecular flexibility index (Phi) is 7.29. The highest BCUT2D eigenvalue weighted by atomic mass is 32.2. The van der Waals surface area contributed by atoms with Crippen LogP contribution >= 0.6 is 11.8 Å². The number of aliphatic hydroxyl groups is 1. The van der Waals surface area contributed by atoms with Crippen LogP contribution in [0.25, 0.3) is 0 Å². The number of halogens is 1. The van der Waals surface area contributed by atoms with E-state index >= 15 is 0 Å². The van der Waals surface area contributed by atoms with Gasteiger partial charge in [0.2, 0.25) is 0 Å². The van der Waals surface area contributed by atoms with E-state index in [1.165, 1.54) is 23.9 Å². The molecule has 0 spiro atoms. The normalized spacial score (nSPS) is 21.2. The first-order valence-electron chi connectivity index (χ1n) is 10.1. The van der Waals surface area contributed by atoms with Crippen LogP contribution in [0.3, 0.4) is 0 Å². The van der Waals surface area contributed by atoms with Gasteiger partial charge < -0.3 is 14.6 Å². The monoisotopic (exact) mass is 480 g/mol. The van der Waals surface area contributed by atoms with Gasteiger partial charge in [0, 0.05) is 10.8 Å². The van der Waals surface area contributed by atoms with Crippen molar-refractivity contribution in [2.75, 3.05) is 20.5 Å². The first-order chi connectivity index (χ1) is 16.3. The highest BCUT2D eigenvalue weighted by Gasteiger charge is 2.61. The summed E-state index contributed by atoms with van der Waals surface area (Å²) in [5.41, 5.74) is -1.80. The van der Waals surface area contributed by atoms with Gasteiger partial charge in [0.1, 0.15) is 17.5 Å². The minimum absolute atomic E-state index is 0.251. The van der Waals surface area contributed by atoms with Gasteiger partial charge in [0.15, 0.2) is 5.41 Å². The van der Waals surface area contributed by atoms with Crippen molar-refractivity contribution in [3.05, 3.63) is 76.8 Å². The number of benzene rings is 2. The molecule has 0 amide bonds. The van der Waals surface area contributed by atoms with Crippen LogP contribution in [0.4, 0.5) is 4.39 Å². The predicted octanol–water partition coefficient (Wildman–Crippen LogP) is 4.24. The zero-order valence-electron chi connectivity index (χ0n) is 18.6. The van der Waals surface area contributed by atoms with Crippen molar-refractivity contribution < 1.29 is 28.6 Å². The molecule has 2 aromatic rings. The molecule has 34 heavy (non-hydrogen) atoms. The van der Waals surface area contributed by atoms with Crippen LogP contribution in [-0.4, -0.2) is 37.5 Å². The van der Waals surface area contributed by atoms with Crippen LogP contribution in [0, 0.1) is 39.8 Å². The summed E-state index contributed by atoms with van der Waals surface area (Å²) in [5.74, 6) is -7.31. The summed E-state index contributed by atoms with van der Waals surface area (Å²) in [5, 5.41) is 32.1. The van der Waals surface area contributed by atoms with Gasteiger partial charge in [-0.3, -0.25) is 4.79 Å². The number of rotatable bonds is 5. The number of hydrogen-bond acceptors (Lipinski definition) is 8. The quantitative estimate of drug-likeness (QED) is 0.498. The summed E-state index contributed by atoms with van der Waals surface area (Å²) in [6, 6.07) is 15.8. The van der Waals surface area contributed by atoms with Gasteiger partial charge >= 0.3 is 11.9 Å². The van der Waals surface area contributed by atoms with E-state index in [-0.39, 0.29) is 11.1 Å². The Morgan fingerprint density at radius 3 is 2.03 bits per heavy atom. The van der Waals surface area contributed by atoms with Crippen LogP contribution in [0.5, 0.6) is 0 Å². The standard InChI is InChI=1S/C25H21FN2O5S/c1-32-23(30)18-20(14-4-8-16(26)9-5-14)25(12-27,13-28)21(19(22(18)29)24(31)33-2)15-6-10-17(34-3)11-7-15/h4-11,18,20-21,29H,1-3H3/t18-,20-,21+/m0/s1. The summed E-state index contributed by atoms with van der Waals surface area (Å²) in [4.78, 5) is 26.6. The van der Waals surface area contributed by atoms with Crippen LogP contribution in [-0.2, 0) is 19.1 Å². The van der Waals surface area contributed by atoms with Crippen molar-refractivity contribution in [2.45, 2.75) is 16.7 Å². The van der Waals surface area contributed by atoms with Crippen molar-refractivity contribution in [1.29, 1.82) is 10.5 Å². The molecule has 2 aromatic carbocycles. The molecule has 3 atom stereocenters. The van der Waals surface area contributed by atoms with Crippen molar-refractivity contribution in [3.8, 4) is 12.1 Å². The fourth-order valence-corrected chi connectivity index (χ4v) is 4.90. The zero-order chi connectivity index (χ0) is 25.0. The lowest BCUT2D eigenvalue weighted by Gasteiger charge is -2.44. The molecule has 1 N–H and O–H groups in total. The van der Waals surface area contributed by atoms with Gasteiger partial charge in [-0.15, -0.1) is 11.8 Å². The van der Waals surface area contributed by atoms with E-state index in [0.29, 0.717) is 5.56 Å². The van der Waals surface area contributed by atoms with Gasteiger partial charge in [-0.05, 0) is 41.6 Å². The summed E-state index contributed by atoms with van der Waals surface area (Å²) in [6.45, 7) is 0. The van der Waals surface area contributed by atoms with E-state index in [1.54, 1.807) is 24.3 Å². The minimum atomic E-state index is -2.06. The number of methoxy groups -OCH3 is 2. The summed E-state index contributed by atoms with van der Waals surface area (Å²) < 4.78 is 23.4. The smallest absolute Gasteiger partial charge is 0.337 e. The Bertz CT molecular complexity index is 1200. The van der Waals surface area contributed by atoms with Crippen LogP contribution in [0.1, 0.15) is 23.0 Å². The number of nitrogens with zero attached hydrogens (tertiary/aromatic N) is 2. The van der Waals surface area contributed by atoms with Crippen LogP contribution in [0.2, 0.25) is 0 Å². The molecule has 0 heterocycles. The third-order valence-corrected chi connectivity index (χ3v) is 6.79. The molecule has 3 rings (SSSR count). The predicted molar refractivity (Wildman–Crippen MR) is 121 cm³/mol. The van der Waals surface area contributed by atoms with Crippen LogP contribution < -0.4 is 0 Å². The summed E-state index contributed by atoms with van der Waals surface area (Å²) >= 11 is 1.47. The van der Waals surface area contributed by atoms with Gasteiger partial charge in [-0.25, -0.2) is 9.18 Å². The molecule has 0 aromatic heterocycles. The van der Waals surface area contributed by atoms with E-state index in [4.69, 9.17) is 9.47 Å². The van der Waals surface area contributed by atoms with E-state index < -0.39 is 46.7 Å². The molecule has 1 aliphatic rings. The van der Waals surface area contributed by atoms with Gasteiger partial charge in [-0.2, -0.15) is 10.5 Å². The number of hydrogen-bond donors (Lipinski definition) is 1. The van der Waals surface area contributed by atoms with E-state index in [2.05, 4.69) is 0 Å². The first kappa shape index (κ1) is 24.8. The molecule has 0 unspecified atom stereocenters. The Labute approximate surface area is 200 Å². The second-order valence-corrected chi connectivity index (χ2v) is 8.50. The number of ether oxygens (including phenoxy) is 2. The summed E-state index contributed by atoms with van der Waals surface area (Å²) in [7, 11) is 2.18. The number of nitriles is 2. The molecule has 0 saturated heterocycles. The van der Waals surface area contributed by atoms with E-state index in [0.717, 1.165) is 31.2 Å². The maximum absolute atomic E-state index is 13.7. The molecule has 0 saturated carbocycles. The Morgan fingerprint density at radius 1 is 1.00 bits per heavy atom. The number of esters is 2. The zero-order valence-corrected chi connectivity index (χ0v) is 19.4. The Balaban J connectivity index is 2.45. The maximum Gasteiger partial charge on any atom is 0.337 e. The first-order valence-corrected chi connectivity index (χ1v) is 11.3. The molecule has 174 valence electrons. The molecule has 0 aliphatic heterocycles. The number of carbonyl (C=O) groups is 2. The van der Waals surface area contributed by atoms with E-state index in [1.807, 2.05) is 18.4 Å².